The third-order valence-corrected chi connectivity index (χ3v) is 7.54. The molecule has 0 saturated carbocycles. The molecule has 0 radical (unpaired) electrons. The lowest BCUT2D eigenvalue weighted by molar-refractivity contribution is -0.137. The number of hydrazone groups is 1. The second-order valence-corrected chi connectivity index (χ2v) is 11.9. The van der Waals surface area contributed by atoms with Crippen molar-refractivity contribution in [1.29, 1.82) is 0 Å². The van der Waals surface area contributed by atoms with Gasteiger partial charge in [0.05, 0.1) is 11.3 Å². The molecule has 5 N–H and O–H groups in total. The van der Waals surface area contributed by atoms with Crippen molar-refractivity contribution in [3.8, 4) is 0 Å². The van der Waals surface area contributed by atoms with Crippen molar-refractivity contribution in [3.05, 3.63) is 65.2 Å². The molecule has 1 aromatic heterocycles. The van der Waals surface area contributed by atoms with Crippen molar-refractivity contribution in [3.63, 3.8) is 0 Å². The van der Waals surface area contributed by atoms with Crippen LogP contribution in [-0.4, -0.2) is 63.8 Å². The number of nitrogens with one attached hydrogen (secondary N) is 3. The fraction of sp³-hybridized carbons (Fsp3) is 0.414. The summed E-state index contributed by atoms with van der Waals surface area (Å²) in [7, 11) is 0. The molecule has 44 heavy (non-hydrogen) atoms. The largest absolute Gasteiger partial charge is 0.416 e. The highest BCUT2D eigenvalue weighted by molar-refractivity contribution is 5.99. The fourth-order valence-corrected chi connectivity index (χ4v) is 5.50. The average Bonchev–Trinajstić information content (AvgIpc) is 3.34. The van der Waals surface area contributed by atoms with Crippen LogP contribution in [0.3, 0.4) is 0 Å². The van der Waals surface area contributed by atoms with Gasteiger partial charge in [-0.15, -0.1) is 0 Å². The first-order chi connectivity index (χ1) is 20.7. The summed E-state index contributed by atoms with van der Waals surface area (Å²) in [6, 6.07) is 4.17. The first-order valence-electron chi connectivity index (χ1n) is 14.0. The number of carbonyl (C=O) groups excluding carboxylic acids is 2. The summed E-state index contributed by atoms with van der Waals surface area (Å²) in [5.41, 5.74) is 6.27. The molecule has 15 heteroatoms. The zero-order valence-corrected chi connectivity index (χ0v) is 24.3. The van der Waals surface area contributed by atoms with Gasteiger partial charge in [-0.05, 0) is 63.4 Å². The standard InChI is InChI=1S/C29H33F4N9O2/c1-28(2,3)40-27(44)41-10-7-16(8-11-41)22-14-19(24-25(34)36-15-37-42(22)24)17-4-5-21(20(30)12-17)38-26(43)39-23-13-18(6-9-35-23)29(31,32)33/h4-6,9,12-16,19,24H,7-8,10-11H2,1-3H3,(H,40,44)(H2,34,36,37)(H2,35,38,39,43). The molecule has 0 bridgehead atoms. The molecule has 1 saturated heterocycles. The van der Waals surface area contributed by atoms with Crippen molar-refractivity contribution in [1.82, 2.24) is 20.2 Å². The molecule has 4 heterocycles. The van der Waals surface area contributed by atoms with E-state index in [1.165, 1.54) is 18.5 Å². The molecular formula is C29H33F4N9O2. The Morgan fingerprint density at radius 1 is 1.05 bits per heavy atom. The number of halogens is 4. The Morgan fingerprint density at radius 3 is 2.43 bits per heavy atom. The molecule has 2 atom stereocenters. The number of urea groups is 2. The van der Waals surface area contributed by atoms with Gasteiger partial charge in [-0.1, -0.05) is 12.1 Å². The Bertz CT molecular complexity index is 1530. The molecule has 11 nitrogen and oxygen atoms in total. The lowest BCUT2D eigenvalue weighted by Gasteiger charge is -2.37. The number of fused-ring (bicyclic) bond motifs is 1. The van der Waals surface area contributed by atoms with E-state index in [2.05, 4.69) is 31.0 Å². The highest BCUT2D eigenvalue weighted by atomic mass is 19.4. The molecule has 2 aromatic rings. The number of aliphatic imine (C=N–C) groups is 1. The van der Waals surface area contributed by atoms with Gasteiger partial charge in [0.1, 0.15) is 29.9 Å². The van der Waals surface area contributed by atoms with Crippen LogP contribution in [0.2, 0.25) is 0 Å². The predicted octanol–water partition coefficient (Wildman–Crippen LogP) is 5.07. The van der Waals surface area contributed by atoms with E-state index in [4.69, 9.17) is 5.73 Å². The number of piperidine rings is 1. The van der Waals surface area contributed by atoms with Crippen molar-refractivity contribution < 1.29 is 27.2 Å². The lowest BCUT2D eigenvalue weighted by atomic mass is 9.90. The minimum Gasteiger partial charge on any atom is -0.385 e. The number of amidine groups is 1. The van der Waals surface area contributed by atoms with Crippen LogP contribution in [0.1, 0.15) is 50.7 Å². The molecule has 4 amide bonds. The van der Waals surface area contributed by atoms with Crippen molar-refractivity contribution in [2.24, 2.45) is 21.7 Å². The second kappa shape index (κ2) is 11.8. The Kier molecular flexibility index (Phi) is 8.23. The molecule has 0 spiro atoms. The minimum atomic E-state index is -4.61. The van der Waals surface area contributed by atoms with Crippen molar-refractivity contribution >= 4 is 35.7 Å². The van der Waals surface area contributed by atoms with E-state index in [0.717, 1.165) is 18.0 Å². The van der Waals surface area contributed by atoms with E-state index >= 15 is 4.39 Å². The number of benzene rings is 1. The van der Waals surface area contributed by atoms with Crippen LogP contribution in [0.25, 0.3) is 0 Å². The van der Waals surface area contributed by atoms with Crippen LogP contribution in [0.4, 0.5) is 38.7 Å². The van der Waals surface area contributed by atoms with Crippen molar-refractivity contribution in [2.75, 3.05) is 23.7 Å². The van der Waals surface area contributed by atoms with E-state index in [-0.39, 0.29) is 29.0 Å². The molecule has 234 valence electrons. The van der Waals surface area contributed by atoms with E-state index < -0.39 is 35.5 Å². The van der Waals surface area contributed by atoms with E-state index in [9.17, 15) is 22.8 Å². The van der Waals surface area contributed by atoms with Crippen LogP contribution in [0, 0.1) is 11.7 Å². The zero-order chi connectivity index (χ0) is 31.8. The monoisotopic (exact) mass is 615 g/mol. The number of hydrogen-bond donors (Lipinski definition) is 4. The van der Waals surface area contributed by atoms with Crippen molar-refractivity contribution in [2.45, 2.75) is 57.3 Å². The number of likely N-dealkylation sites (tertiary alicyclic amines) is 1. The third-order valence-electron chi connectivity index (χ3n) is 7.54. The van der Waals surface area contributed by atoms with Gasteiger partial charge in [0.2, 0.25) is 0 Å². The van der Waals surface area contributed by atoms with Gasteiger partial charge in [-0.2, -0.15) is 18.3 Å². The molecule has 5 rings (SSSR count). The first-order valence-corrected chi connectivity index (χ1v) is 14.0. The maximum absolute atomic E-state index is 15.3. The van der Waals surface area contributed by atoms with Gasteiger partial charge in [-0.3, -0.25) is 10.3 Å². The number of pyridine rings is 1. The molecule has 3 aliphatic heterocycles. The number of nitrogens with zero attached hydrogens (tertiary/aromatic N) is 5. The van der Waals surface area contributed by atoms with Gasteiger partial charge >= 0.3 is 18.2 Å². The Labute approximate surface area is 251 Å². The fourth-order valence-electron chi connectivity index (χ4n) is 5.50. The quantitative estimate of drug-likeness (QED) is 0.356. The molecule has 0 aliphatic carbocycles. The number of anilines is 2. The highest BCUT2D eigenvalue weighted by Gasteiger charge is 2.43. The molecule has 3 aliphatic rings. The summed E-state index contributed by atoms with van der Waals surface area (Å²) in [6.07, 6.45) is 1.09. The lowest BCUT2D eigenvalue weighted by Crippen LogP contribution is -2.51. The van der Waals surface area contributed by atoms with Gasteiger partial charge in [-0.25, -0.2) is 24.0 Å². The van der Waals surface area contributed by atoms with E-state index in [1.54, 1.807) is 11.0 Å². The smallest absolute Gasteiger partial charge is 0.385 e. The molecule has 1 fully saturated rings. The maximum Gasteiger partial charge on any atom is 0.416 e. The number of rotatable bonds is 4. The number of alkyl halides is 3. The number of allylic oxidation sites excluding steroid dienone is 1. The summed E-state index contributed by atoms with van der Waals surface area (Å²) in [6.45, 7) is 6.92. The van der Waals surface area contributed by atoms with E-state index in [0.29, 0.717) is 43.4 Å². The highest BCUT2D eigenvalue weighted by Crippen LogP contribution is 2.42. The Hall–Kier alpha value is -4.69. The number of carbonyl (C=O) groups is 2. The summed E-state index contributed by atoms with van der Waals surface area (Å²) in [5.74, 6) is -1.10. The second-order valence-electron chi connectivity index (χ2n) is 11.9. The normalized spacial score (nSPS) is 20.5. The number of amides is 4. The molecule has 2 unspecified atom stereocenters. The van der Waals surface area contributed by atoms with E-state index in [1.807, 2.05) is 31.9 Å². The Morgan fingerprint density at radius 2 is 1.77 bits per heavy atom. The summed E-state index contributed by atoms with van der Waals surface area (Å²) >= 11 is 0. The summed E-state index contributed by atoms with van der Waals surface area (Å²) in [4.78, 5) is 34.7. The predicted molar refractivity (Wildman–Crippen MR) is 157 cm³/mol. The van der Waals surface area contributed by atoms with Crippen LogP contribution in [-0.2, 0) is 6.18 Å². The first kappa shape index (κ1) is 30.8. The zero-order valence-electron chi connectivity index (χ0n) is 24.3. The SMILES string of the molecule is CC(C)(C)NC(=O)N1CCC(C2=CC(c3ccc(NC(=O)Nc4cc(C(F)(F)F)ccn4)c(F)c3)C3C(N)=NC=NN23)CC1. The van der Waals surface area contributed by atoms with Crippen LogP contribution < -0.4 is 21.7 Å². The minimum absolute atomic E-state index is 0.0863. The van der Waals surface area contributed by atoms with Gasteiger partial charge < -0.3 is 21.3 Å². The van der Waals surface area contributed by atoms with Crippen LogP contribution in [0.15, 0.2) is 58.4 Å². The topological polar surface area (TPSA) is 140 Å². The Balaban J connectivity index is 1.29. The molecular weight excluding hydrogens is 582 g/mol. The number of aromatic nitrogens is 1. The summed E-state index contributed by atoms with van der Waals surface area (Å²) < 4.78 is 54.2. The summed E-state index contributed by atoms with van der Waals surface area (Å²) in [5, 5.41) is 13.8. The number of nitrogens with two attached hydrogens (primary N) is 1. The molecule has 1 aromatic carbocycles. The van der Waals surface area contributed by atoms with Crippen LogP contribution >= 0.6 is 0 Å². The average molecular weight is 616 g/mol. The third kappa shape index (κ3) is 6.76. The number of hydrogen-bond acceptors (Lipinski definition) is 7. The van der Waals surface area contributed by atoms with Crippen LogP contribution in [0.5, 0.6) is 0 Å². The maximum atomic E-state index is 15.3. The van der Waals surface area contributed by atoms with Gasteiger partial charge in [0.25, 0.3) is 0 Å². The van der Waals surface area contributed by atoms with Gasteiger partial charge in [0.15, 0.2) is 0 Å². The van der Waals surface area contributed by atoms with Gasteiger partial charge in [0, 0.05) is 42.4 Å².